The maximum Gasteiger partial charge on any atom is 0.230 e. The second kappa shape index (κ2) is 7.03. The number of hydrogen-bond acceptors (Lipinski definition) is 3. The van der Waals surface area contributed by atoms with E-state index < -0.39 is 5.92 Å². The minimum absolute atomic E-state index is 0.252. The lowest BCUT2D eigenvalue weighted by Crippen LogP contribution is -2.31. The number of aliphatic hydroxyl groups excluding tert-OH is 1. The average molecular weight is 291 g/mol. The number of aliphatic hydroxyl groups is 1. The number of pyridine rings is 1. The SMILES string of the molecule is O=C(NCc1ccncc1)[C@@H](CO)c1ccccc1Cl. The van der Waals surface area contributed by atoms with E-state index in [2.05, 4.69) is 10.3 Å². The minimum atomic E-state index is -0.662. The minimum Gasteiger partial charge on any atom is -0.395 e. The van der Waals surface area contributed by atoms with Gasteiger partial charge in [0.1, 0.15) is 0 Å². The van der Waals surface area contributed by atoms with Crippen molar-refractivity contribution in [2.75, 3.05) is 6.61 Å². The molecular formula is C15H15ClN2O2. The van der Waals surface area contributed by atoms with Crippen molar-refractivity contribution in [1.29, 1.82) is 0 Å². The van der Waals surface area contributed by atoms with Gasteiger partial charge in [0.25, 0.3) is 0 Å². The molecule has 0 saturated heterocycles. The van der Waals surface area contributed by atoms with E-state index >= 15 is 0 Å². The van der Waals surface area contributed by atoms with E-state index in [1.165, 1.54) is 0 Å². The van der Waals surface area contributed by atoms with Crippen molar-refractivity contribution in [2.45, 2.75) is 12.5 Å². The van der Waals surface area contributed by atoms with Crippen LogP contribution in [-0.2, 0) is 11.3 Å². The first-order valence-corrected chi connectivity index (χ1v) is 6.62. The van der Waals surface area contributed by atoms with Gasteiger partial charge in [0, 0.05) is 24.0 Å². The van der Waals surface area contributed by atoms with Crippen molar-refractivity contribution < 1.29 is 9.90 Å². The zero-order chi connectivity index (χ0) is 14.4. The molecule has 0 fully saturated rings. The smallest absolute Gasteiger partial charge is 0.230 e. The van der Waals surface area contributed by atoms with E-state index in [-0.39, 0.29) is 12.5 Å². The molecule has 1 aromatic carbocycles. The lowest BCUT2D eigenvalue weighted by molar-refractivity contribution is -0.123. The predicted octanol–water partition coefficient (Wildman–Crippen LogP) is 2.13. The van der Waals surface area contributed by atoms with Gasteiger partial charge in [0.2, 0.25) is 5.91 Å². The Bertz CT molecular complexity index is 575. The first-order chi connectivity index (χ1) is 9.72. The van der Waals surface area contributed by atoms with Crippen LogP contribution in [0.1, 0.15) is 17.0 Å². The van der Waals surface area contributed by atoms with Crippen LogP contribution in [0.5, 0.6) is 0 Å². The van der Waals surface area contributed by atoms with Crippen LogP contribution in [0.25, 0.3) is 0 Å². The van der Waals surface area contributed by atoms with Gasteiger partial charge in [-0.2, -0.15) is 0 Å². The summed E-state index contributed by atoms with van der Waals surface area (Å²) in [5.74, 6) is -0.914. The molecule has 0 aliphatic carbocycles. The van der Waals surface area contributed by atoms with Crippen molar-refractivity contribution in [3.05, 3.63) is 64.9 Å². The Morgan fingerprint density at radius 2 is 1.95 bits per heavy atom. The van der Waals surface area contributed by atoms with Gasteiger partial charge in [-0.25, -0.2) is 0 Å². The maximum absolute atomic E-state index is 12.2. The molecule has 0 aliphatic rings. The molecule has 0 aliphatic heterocycles. The topological polar surface area (TPSA) is 62.2 Å². The Morgan fingerprint density at radius 3 is 2.60 bits per heavy atom. The fourth-order valence-corrected chi connectivity index (χ4v) is 2.16. The van der Waals surface area contributed by atoms with Crippen molar-refractivity contribution in [3.63, 3.8) is 0 Å². The van der Waals surface area contributed by atoms with E-state index in [0.29, 0.717) is 17.1 Å². The van der Waals surface area contributed by atoms with Crippen molar-refractivity contribution in [1.82, 2.24) is 10.3 Å². The Morgan fingerprint density at radius 1 is 1.25 bits per heavy atom. The third-order valence-corrected chi connectivity index (χ3v) is 3.34. The number of aromatic nitrogens is 1. The molecule has 1 atom stereocenters. The Kier molecular flexibility index (Phi) is 5.09. The highest BCUT2D eigenvalue weighted by Crippen LogP contribution is 2.24. The number of nitrogens with zero attached hydrogens (tertiary/aromatic N) is 1. The molecule has 0 saturated carbocycles. The number of hydrogen-bond donors (Lipinski definition) is 2. The van der Waals surface area contributed by atoms with Crippen molar-refractivity contribution in [3.8, 4) is 0 Å². The van der Waals surface area contributed by atoms with E-state index in [1.807, 2.05) is 12.1 Å². The van der Waals surface area contributed by atoms with Gasteiger partial charge in [0.05, 0.1) is 12.5 Å². The molecule has 0 spiro atoms. The molecule has 20 heavy (non-hydrogen) atoms. The van der Waals surface area contributed by atoms with E-state index in [1.54, 1.807) is 36.7 Å². The van der Waals surface area contributed by atoms with E-state index in [4.69, 9.17) is 11.6 Å². The van der Waals surface area contributed by atoms with Gasteiger partial charge in [0.15, 0.2) is 0 Å². The van der Waals surface area contributed by atoms with Gasteiger partial charge >= 0.3 is 0 Å². The molecule has 0 unspecified atom stereocenters. The van der Waals surface area contributed by atoms with Gasteiger partial charge in [-0.3, -0.25) is 9.78 Å². The lowest BCUT2D eigenvalue weighted by Gasteiger charge is -2.16. The first-order valence-electron chi connectivity index (χ1n) is 6.24. The Balaban J connectivity index is 2.05. The van der Waals surface area contributed by atoms with Crippen LogP contribution in [-0.4, -0.2) is 22.6 Å². The molecule has 4 nitrogen and oxygen atoms in total. The number of nitrogens with one attached hydrogen (secondary N) is 1. The average Bonchev–Trinajstić information content (AvgIpc) is 2.49. The van der Waals surface area contributed by atoms with E-state index in [9.17, 15) is 9.90 Å². The normalized spacial score (nSPS) is 11.9. The van der Waals surface area contributed by atoms with Crippen LogP contribution >= 0.6 is 11.6 Å². The summed E-state index contributed by atoms with van der Waals surface area (Å²) >= 11 is 6.06. The van der Waals surface area contributed by atoms with Crippen LogP contribution in [0.2, 0.25) is 5.02 Å². The molecule has 1 heterocycles. The van der Waals surface area contributed by atoms with Crippen molar-refractivity contribution in [2.24, 2.45) is 0 Å². The largest absolute Gasteiger partial charge is 0.395 e. The summed E-state index contributed by atoms with van der Waals surface area (Å²) in [4.78, 5) is 16.1. The molecule has 2 aromatic rings. The molecule has 104 valence electrons. The zero-order valence-electron chi connectivity index (χ0n) is 10.8. The lowest BCUT2D eigenvalue weighted by atomic mass is 9.99. The fraction of sp³-hybridized carbons (Fsp3) is 0.200. The number of benzene rings is 1. The number of carbonyl (C=O) groups is 1. The summed E-state index contributed by atoms with van der Waals surface area (Å²) in [5, 5.41) is 12.7. The van der Waals surface area contributed by atoms with Crippen LogP contribution < -0.4 is 5.32 Å². The third kappa shape index (κ3) is 3.56. The molecule has 5 heteroatoms. The quantitative estimate of drug-likeness (QED) is 0.887. The summed E-state index contributed by atoms with van der Waals surface area (Å²) in [6, 6.07) is 10.7. The van der Waals surface area contributed by atoms with Crippen LogP contribution in [0.15, 0.2) is 48.8 Å². The summed E-state index contributed by atoms with van der Waals surface area (Å²) in [6.45, 7) is 0.105. The maximum atomic E-state index is 12.2. The van der Waals surface area contributed by atoms with Crippen molar-refractivity contribution >= 4 is 17.5 Å². The summed E-state index contributed by atoms with van der Waals surface area (Å²) < 4.78 is 0. The van der Waals surface area contributed by atoms with Crippen LogP contribution in [0, 0.1) is 0 Å². The Labute approximate surface area is 122 Å². The molecule has 2 N–H and O–H groups in total. The zero-order valence-corrected chi connectivity index (χ0v) is 11.5. The number of carbonyl (C=O) groups excluding carboxylic acids is 1. The van der Waals surface area contributed by atoms with E-state index in [0.717, 1.165) is 5.56 Å². The summed E-state index contributed by atoms with van der Waals surface area (Å²) in [6.07, 6.45) is 3.33. The molecule has 1 amide bonds. The summed E-state index contributed by atoms with van der Waals surface area (Å²) in [5.41, 5.74) is 1.58. The predicted molar refractivity (Wildman–Crippen MR) is 77.4 cm³/mol. The number of rotatable bonds is 5. The fourth-order valence-electron chi connectivity index (χ4n) is 1.89. The van der Waals surface area contributed by atoms with Crippen LogP contribution in [0.3, 0.4) is 0 Å². The second-order valence-electron chi connectivity index (χ2n) is 4.33. The highest BCUT2D eigenvalue weighted by atomic mass is 35.5. The Hall–Kier alpha value is -1.91. The molecule has 2 rings (SSSR count). The van der Waals surface area contributed by atoms with Gasteiger partial charge < -0.3 is 10.4 Å². The first kappa shape index (κ1) is 14.5. The highest BCUT2D eigenvalue weighted by Gasteiger charge is 2.21. The number of amides is 1. The molecule has 0 bridgehead atoms. The second-order valence-corrected chi connectivity index (χ2v) is 4.74. The molecule has 0 radical (unpaired) electrons. The number of halogens is 1. The standard InChI is InChI=1S/C15H15ClN2O2/c16-14-4-2-1-3-12(14)13(10-19)15(20)18-9-11-5-7-17-8-6-11/h1-8,13,19H,9-10H2,(H,18,20)/t13-/m0/s1. The van der Waals surface area contributed by atoms with Gasteiger partial charge in [-0.15, -0.1) is 0 Å². The molecule has 1 aromatic heterocycles. The monoisotopic (exact) mass is 290 g/mol. The highest BCUT2D eigenvalue weighted by molar-refractivity contribution is 6.31. The van der Waals surface area contributed by atoms with Crippen LogP contribution in [0.4, 0.5) is 0 Å². The molecular weight excluding hydrogens is 276 g/mol. The summed E-state index contributed by atoms with van der Waals surface area (Å²) in [7, 11) is 0. The third-order valence-electron chi connectivity index (χ3n) is 3.00. The van der Waals surface area contributed by atoms with Gasteiger partial charge in [-0.05, 0) is 29.3 Å². The van der Waals surface area contributed by atoms with Gasteiger partial charge in [-0.1, -0.05) is 29.8 Å².